The lowest BCUT2D eigenvalue weighted by Crippen LogP contribution is -2.29. The fourth-order valence-electron chi connectivity index (χ4n) is 2.88. The number of nitrogens with zero attached hydrogens (tertiary/aromatic N) is 1. The summed E-state index contributed by atoms with van der Waals surface area (Å²) in [6, 6.07) is 19.6. The van der Waals surface area contributed by atoms with Crippen molar-refractivity contribution in [1.82, 2.24) is 0 Å². The summed E-state index contributed by atoms with van der Waals surface area (Å²) in [4.78, 5) is 26.3. The predicted molar refractivity (Wildman–Crippen MR) is 94.8 cm³/mol. The quantitative estimate of drug-likeness (QED) is 0.665. The molecule has 0 spiro atoms. The molecule has 4 rings (SSSR count). The molecule has 0 aliphatic carbocycles. The minimum absolute atomic E-state index is 0.256. The summed E-state index contributed by atoms with van der Waals surface area (Å²) in [7, 11) is 0. The first-order valence-corrected chi connectivity index (χ1v) is 8.08. The fourth-order valence-corrected chi connectivity index (χ4v) is 2.88. The van der Waals surface area contributed by atoms with Gasteiger partial charge in [-0.15, -0.1) is 0 Å². The van der Waals surface area contributed by atoms with Gasteiger partial charge in [0.25, 0.3) is 11.8 Å². The fraction of sp³-hybridized carbons (Fsp3) is 0.0476. The van der Waals surface area contributed by atoms with E-state index in [2.05, 4.69) is 0 Å². The minimum Gasteiger partial charge on any atom is -0.489 e. The van der Waals surface area contributed by atoms with E-state index in [1.54, 1.807) is 60.7 Å². The summed E-state index contributed by atoms with van der Waals surface area (Å²) >= 11 is 0. The van der Waals surface area contributed by atoms with Crippen molar-refractivity contribution in [1.29, 1.82) is 0 Å². The van der Waals surface area contributed by atoms with E-state index in [-0.39, 0.29) is 24.2 Å². The smallest absolute Gasteiger partial charge is 0.266 e. The number of imide groups is 1. The first-order chi connectivity index (χ1) is 12.6. The second-order valence-corrected chi connectivity index (χ2v) is 5.90. The maximum atomic E-state index is 13.0. The molecule has 1 aliphatic heterocycles. The molecule has 1 aliphatic rings. The van der Waals surface area contributed by atoms with Gasteiger partial charge in [0, 0.05) is 6.07 Å². The molecule has 0 N–H and O–H groups in total. The van der Waals surface area contributed by atoms with Crippen LogP contribution >= 0.6 is 0 Å². The molecule has 4 nitrogen and oxygen atoms in total. The highest BCUT2D eigenvalue weighted by Crippen LogP contribution is 2.30. The molecule has 3 aromatic carbocycles. The highest BCUT2D eigenvalue weighted by Gasteiger charge is 2.36. The Morgan fingerprint density at radius 3 is 2.12 bits per heavy atom. The van der Waals surface area contributed by atoms with Crippen molar-refractivity contribution in [3.05, 3.63) is 95.3 Å². The third kappa shape index (κ3) is 2.84. The highest BCUT2D eigenvalue weighted by molar-refractivity contribution is 6.34. The van der Waals surface area contributed by atoms with E-state index < -0.39 is 0 Å². The summed E-state index contributed by atoms with van der Waals surface area (Å²) in [5, 5.41) is 0. The number of rotatable bonds is 4. The van der Waals surface area contributed by atoms with Crippen LogP contribution in [0.25, 0.3) is 0 Å². The van der Waals surface area contributed by atoms with Crippen LogP contribution in [0.5, 0.6) is 5.75 Å². The number of hydrogen-bond donors (Lipinski definition) is 0. The summed E-state index contributed by atoms with van der Waals surface area (Å²) in [5.74, 6) is -0.479. The van der Waals surface area contributed by atoms with Gasteiger partial charge in [0.05, 0.1) is 16.8 Å². The van der Waals surface area contributed by atoms with Crippen molar-refractivity contribution in [3.63, 3.8) is 0 Å². The van der Waals surface area contributed by atoms with E-state index in [1.807, 2.05) is 0 Å². The van der Waals surface area contributed by atoms with Gasteiger partial charge in [-0.25, -0.2) is 9.29 Å². The molecule has 3 aromatic rings. The van der Waals surface area contributed by atoms with Crippen LogP contribution in [0.1, 0.15) is 26.3 Å². The molecule has 0 saturated carbocycles. The maximum Gasteiger partial charge on any atom is 0.266 e. The van der Waals surface area contributed by atoms with Crippen LogP contribution in [0.4, 0.5) is 10.1 Å². The molecule has 0 atom stereocenters. The first-order valence-electron chi connectivity index (χ1n) is 8.08. The van der Waals surface area contributed by atoms with E-state index in [1.165, 1.54) is 12.1 Å². The number of hydrogen-bond acceptors (Lipinski definition) is 3. The highest BCUT2D eigenvalue weighted by atomic mass is 19.1. The Morgan fingerprint density at radius 1 is 0.808 bits per heavy atom. The summed E-state index contributed by atoms with van der Waals surface area (Å²) < 4.78 is 18.7. The van der Waals surface area contributed by atoms with Gasteiger partial charge >= 0.3 is 0 Å². The number of ether oxygens (including phenoxy) is 1. The number of carbonyl (C=O) groups is 2. The zero-order valence-electron chi connectivity index (χ0n) is 13.7. The first kappa shape index (κ1) is 16.0. The van der Waals surface area contributed by atoms with Crippen LogP contribution in [0.15, 0.2) is 72.8 Å². The molecule has 0 bridgehead atoms. The van der Waals surface area contributed by atoms with Crippen LogP contribution in [0.2, 0.25) is 0 Å². The number of carbonyl (C=O) groups excluding carboxylic acids is 2. The Bertz CT molecular complexity index is 963. The van der Waals surface area contributed by atoms with Gasteiger partial charge in [0.2, 0.25) is 0 Å². The SMILES string of the molecule is O=C1c2ccccc2C(=O)N1c1cccc(OCc2ccc(F)cc2)c1. The standard InChI is InChI=1S/C21H14FNO3/c22-15-10-8-14(9-11-15)13-26-17-5-3-4-16(12-17)23-20(24)18-6-1-2-7-19(18)21(23)25/h1-12H,13H2. The Balaban J connectivity index is 1.56. The second-order valence-electron chi connectivity index (χ2n) is 5.90. The molecule has 0 fully saturated rings. The Morgan fingerprint density at radius 2 is 1.46 bits per heavy atom. The van der Waals surface area contributed by atoms with Crippen molar-refractivity contribution in [2.24, 2.45) is 0 Å². The number of anilines is 1. The van der Waals surface area contributed by atoms with Gasteiger partial charge < -0.3 is 4.74 Å². The van der Waals surface area contributed by atoms with Gasteiger partial charge in [-0.05, 0) is 42.0 Å². The average molecular weight is 347 g/mol. The molecule has 2 amide bonds. The topological polar surface area (TPSA) is 46.6 Å². The summed E-state index contributed by atoms with van der Waals surface area (Å²) in [6.07, 6.45) is 0. The van der Waals surface area contributed by atoms with Crippen LogP contribution < -0.4 is 9.64 Å². The lowest BCUT2D eigenvalue weighted by Gasteiger charge is -2.15. The summed E-state index contributed by atoms with van der Waals surface area (Å²) in [6.45, 7) is 0.256. The van der Waals surface area contributed by atoms with Crippen molar-refractivity contribution in [2.45, 2.75) is 6.61 Å². The number of amides is 2. The van der Waals surface area contributed by atoms with E-state index in [0.717, 1.165) is 10.5 Å². The molecule has 5 heteroatoms. The van der Waals surface area contributed by atoms with Crippen LogP contribution in [-0.2, 0) is 6.61 Å². The second kappa shape index (κ2) is 6.44. The van der Waals surface area contributed by atoms with Crippen LogP contribution in [0.3, 0.4) is 0 Å². The summed E-state index contributed by atoms with van der Waals surface area (Å²) in [5.41, 5.74) is 2.07. The number of halogens is 1. The number of fused-ring (bicyclic) bond motifs is 1. The molecule has 0 saturated heterocycles. The minimum atomic E-state index is -0.346. The van der Waals surface area contributed by atoms with E-state index >= 15 is 0 Å². The molecule has 0 aromatic heterocycles. The Hall–Kier alpha value is -3.47. The number of benzene rings is 3. The van der Waals surface area contributed by atoms with Gasteiger partial charge in [-0.2, -0.15) is 0 Å². The van der Waals surface area contributed by atoms with Gasteiger partial charge in [-0.3, -0.25) is 9.59 Å². The van der Waals surface area contributed by atoms with Crippen LogP contribution in [-0.4, -0.2) is 11.8 Å². The van der Waals surface area contributed by atoms with Crippen molar-refractivity contribution >= 4 is 17.5 Å². The van der Waals surface area contributed by atoms with Gasteiger partial charge in [0.15, 0.2) is 0 Å². The van der Waals surface area contributed by atoms with Crippen molar-refractivity contribution in [3.8, 4) is 5.75 Å². The average Bonchev–Trinajstić information content (AvgIpc) is 2.93. The predicted octanol–water partition coefficient (Wildman–Crippen LogP) is 4.21. The van der Waals surface area contributed by atoms with Crippen molar-refractivity contribution in [2.75, 3.05) is 4.90 Å². The van der Waals surface area contributed by atoms with Gasteiger partial charge in [-0.1, -0.05) is 30.3 Å². The maximum absolute atomic E-state index is 13.0. The van der Waals surface area contributed by atoms with E-state index in [9.17, 15) is 14.0 Å². The molecule has 1 heterocycles. The third-order valence-corrected chi connectivity index (χ3v) is 4.19. The molecule has 128 valence electrons. The Labute approximate surface area is 149 Å². The molecular weight excluding hydrogens is 333 g/mol. The monoisotopic (exact) mass is 347 g/mol. The normalized spacial score (nSPS) is 13.0. The third-order valence-electron chi connectivity index (χ3n) is 4.19. The van der Waals surface area contributed by atoms with Crippen LogP contribution in [0, 0.1) is 5.82 Å². The van der Waals surface area contributed by atoms with E-state index in [0.29, 0.717) is 22.6 Å². The molecule has 26 heavy (non-hydrogen) atoms. The zero-order valence-corrected chi connectivity index (χ0v) is 13.7. The molecule has 0 unspecified atom stereocenters. The Kier molecular flexibility index (Phi) is 3.97. The molecule has 0 radical (unpaired) electrons. The zero-order chi connectivity index (χ0) is 18.1. The lowest BCUT2D eigenvalue weighted by molar-refractivity contribution is 0.0926. The lowest BCUT2D eigenvalue weighted by atomic mass is 10.1. The van der Waals surface area contributed by atoms with E-state index in [4.69, 9.17) is 4.74 Å². The van der Waals surface area contributed by atoms with Crippen molar-refractivity contribution < 1.29 is 18.7 Å². The van der Waals surface area contributed by atoms with Gasteiger partial charge in [0.1, 0.15) is 18.2 Å². The molecular formula is C21H14FNO3. The largest absolute Gasteiger partial charge is 0.489 e.